The zero-order chi connectivity index (χ0) is 48.3. The van der Waals surface area contributed by atoms with E-state index in [4.69, 9.17) is 32.7 Å². The monoisotopic (exact) mass is 936 g/mol. The molecule has 0 aliphatic rings. The molecule has 4 N–H and O–H groups in total. The fraction of sp³-hybridized carbons (Fsp3) is 0.167. The SMILES string of the molecule is Cc1cc(NC(=O)C(C)(O)COc2ccc(C(=O)c3ccc(Cl)cc3)cc2)ccc1[N+](=O)[O-].Cc1cc(NC(=O)C(C)(O)COc2ccc(C(=O)c3ccc(Cl)cc3)cc2)ccc1[N+](=O)[O-]. The molecule has 0 fully saturated rings. The molecular formula is C48H42Cl2N4O12. The van der Waals surface area contributed by atoms with Crippen LogP contribution in [0.1, 0.15) is 56.8 Å². The number of nitrogens with one attached hydrogen (secondary N) is 2. The van der Waals surface area contributed by atoms with Gasteiger partial charge in [-0.05, 0) is 149 Å². The van der Waals surface area contributed by atoms with Crippen molar-refractivity contribution in [2.75, 3.05) is 23.8 Å². The molecular weight excluding hydrogens is 895 g/mol. The second kappa shape index (κ2) is 21.5. The van der Waals surface area contributed by atoms with Crippen molar-refractivity contribution in [1.29, 1.82) is 0 Å². The molecule has 6 aromatic rings. The number of hydrogen-bond donors (Lipinski definition) is 4. The van der Waals surface area contributed by atoms with Crippen LogP contribution in [0.5, 0.6) is 11.5 Å². The molecule has 0 radical (unpaired) electrons. The highest BCUT2D eigenvalue weighted by atomic mass is 35.5. The Morgan fingerprint density at radius 2 is 0.818 bits per heavy atom. The summed E-state index contributed by atoms with van der Waals surface area (Å²) in [6, 6.07) is 33.9. The molecule has 2 amide bonds. The third-order valence-electron chi connectivity index (χ3n) is 9.77. The highest BCUT2D eigenvalue weighted by molar-refractivity contribution is 6.31. The summed E-state index contributed by atoms with van der Waals surface area (Å²) in [6.07, 6.45) is 0. The molecule has 2 unspecified atom stereocenters. The topological polar surface area (TPSA) is 238 Å². The molecule has 0 aliphatic carbocycles. The number of nitro groups is 2. The fourth-order valence-corrected chi connectivity index (χ4v) is 6.18. The molecule has 16 nitrogen and oxygen atoms in total. The third-order valence-corrected chi connectivity index (χ3v) is 10.3. The summed E-state index contributed by atoms with van der Waals surface area (Å²) in [6.45, 7) is 4.98. The lowest BCUT2D eigenvalue weighted by Crippen LogP contribution is -2.45. The Hall–Kier alpha value is -7.50. The van der Waals surface area contributed by atoms with Crippen LogP contribution in [0.3, 0.4) is 0 Å². The van der Waals surface area contributed by atoms with E-state index in [0.717, 1.165) is 0 Å². The summed E-state index contributed by atoms with van der Waals surface area (Å²) in [7, 11) is 0. The number of nitrogens with zero attached hydrogens (tertiary/aromatic N) is 2. The van der Waals surface area contributed by atoms with Crippen LogP contribution in [-0.2, 0) is 9.59 Å². The molecule has 6 aromatic carbocycles. The maximum absolute atomic E-state index is 12.5. The number of nitro benzene ring substituents is 2. The number of benzene rings is 6. The van der Waals surface area contributed by atoms with E-state index in [9.17, 15) is 49.6 Å². The maximum Gasteiger partial charge on any atom is 0.272 e. The first-order valence-corrected chi connectivity index (χ1v) is 20.5. The minimum absolute atomic E-state index is 0.0684. The van der Waals surface area contributed by atoms with E-state index in [-0.39, 0.29) is 36.2 Å². The zero-order valence-electron chi connectivity index (χ0n) is 35.7. The van der Waals surface area contributed by atoms with Gasteiger partial charge in [0.15, 0.2) is 22.8 Å². The van der Waals surface area contributed by atoms with E-state index < -0.39 is 32.9 Å². The number of carbonyl (C=O) groups excluding carboxylic acids is 4. The van der Waals surface area contributed by atoms with Gasteiger partial charge in [-0.2, -0.15) is 0 Å². The molecule has 0 heterocycles. The van der Waals surface area contributed by atoms with Gasteiger partial charge >= 0.3 is 0 Å². The van der Waals surface area contributed by atoms with Crippen LogP contribution in [0.25, 0.3) is 0 Å². The number of aryl methyl sites for hydroxylation is 2. The van der Waals surface area contributed by atoms with E-state index in [0.29, 0.717) is 66.3 Å². The van der Waals surface area contributed by atoms with Gasteiger partial charge in [0.05, 0.1) is 9.85 Å². The van der Waals surface area contributed by atoms with Gasteiger partial charge in [0.25, 0.3) is 23.2 Å². The summed E-state index contributed by atoms with van der Waals surface area (Å²) in [5.74, 6) is -1.09. The number of carbonyl (C=O) groups is 4. The van der Waals surface area contributed by atoms with E-state index in [1.807, 2.05) is 0 Å². The van der Waals surface area contributed by atoms with E-state index in [2.05, 4.69) is 10.6 Å². The van der Waals surface area contributed by atoms with Crippen molar-refractivity contribution < 1.29 is 48.7 Å². The first-order valence-electron chi connectivity index (χ1n) is 19.8. The molecule has 0 spiro atoms. The van der Waals surface area contributed by atoms with Crippen LogP contribution < -0.4 is 20.1 Å². The number of aliphatic hydroxyl groups is 2. The van der Waals surface area contributed by atoms with Gasteiger partial charge in [0, 0.05) is 66.9 Å². The Bertz CT molecular complexity index is 2570. The Labute approximate surface area is 388 Å². The van der Waals surface area contributed by atoms with E-state index in [1.54, 1.807) is 111 Å². The molecule has 2 atom stereocenters. The highest BCUT2D eigenvalue weighted by Gasteiger charge is 2.33. The maximum atomic E-state index is 12.5. The summed E-state index contributed by atoms with van der Waals surface area (Å²) in [5.41, 5.74) is -0.636. The number of anilines is 2. The normalized spacial score (nSPS) is 12.5. The summed E-state index contributed by atoms with van der Waals surface area (Å²) < 4.78 is 11.1. The highest BCUT2D eigenvalue weighted by Crippen LogP contribution is 2.25. The first-order chi connectivity index (χ1) is 31.1. The average molecular weight is 938 g/mol. The van der Waals surface area contributed by atoms with Gasteiger partial charge < -0.3 is 30.3 Å². The lowest BCUT2D eigenvalue weighted by molar-refractivity contribution is -0.385. The van der Waals surface area contributed by atoms with Crippen LogP contribution in [0.4, 0.5) is 22.7 Å². The van der Waals surface area contributed by atoms with Gasteiger partial charge in [-0.25, -0.2) is 0 Å². The predicted molar refractivity (Wildman–Crippen MR) is 248 cm³/mol. The van der Waals surface area contributed by atoms with Gasteiger partial charge in [-0.3, -0.25) is 39.4 Å². The second-order valence-electron chi connectivity index (χ2n) is 15.3. The van der Waals surface area contributed by atoms with Crippen molar-refractivity contribution in [3.8, 4) is 11.5 Å². The number of ketones is 2. The van der Waals surface area contributed by atoms with Gasteiger partial charge in [0.2, 0.25) is 0 Å². The van der Waals surface area contributed by atoms with Crippen LogP contribution in [-0.4, -0.2) is 67.9 Å². The van der Waals surface area contributed by atoms with Crippen LogP contribution >= 0.6 is 23.2 Å². The Balaban J connectivity index is 0.000000247. The van der Waals surface area contributed by atoms with Crippen molar-refractivity contribution in [3.05, 3.63) is 197 Å². The molecule has 0 saturated carbocycles. The van der Waals surface area contributed by atoms with E-state index in [1.165, 1.54) is 50.2 Å². The largest absolute Gasteiger partial charge is 0.490 e. The summed E-state index contributed by atoms with van der Waals surface area (Å²) in [5, 5.41) is 49.0. The van der Waals surface area contributed by atoms with Gasteiger partial charge in [-0.15, -0.1) is 0 Å². The van der Waals surface area contributed by atoms with Gasteiger partial charge in [0.1, 0.15) is 24.7 Å². The van der Waals surface area contributed by atoms with Gasteiger partial charge in [-0.1, -0.05) is 23.2 Å². The average Bonchev–Trinajstić information content (AvgIpc) is 3.28. The predicted octanol–water partition coefficient (Wildman–Crippen LogP) is 9.11. The molecule has 0 saturated heterocycles. The van der Waals surface area contributed by atoms with Crippen LogP contribution in [0.2, 0.25) is 10.0 Å². The zero-order valence-corrected chi connectivity index (χ0v) is 37.3. The van der Waals surface area contributed by atoms with Crippen molar-refractivity contribution in [2.45, 2.75) is 38.9 Å². The number of ether oxygens (including phenoxy) is 2. The summed E-state index contributed by atoms with van der Waals surface area (Å²) >= 11 is 11.7. The van der Waals surface area contributed by atoms with Crippen molar-refractivity contribution in [3.63, 3.8) is 0 Å². The molecule has 6 rings (SSSR count). The minimum Gasteiger partial charge on any atom is -0.490 e. The Kier molecular flexibility index (Phi) is 16.1. The molecule has 0 aliphatic heterocycles. The van der Waals surface area contributed by atoms with Crippen LogP contribution in [0.15, 0.2) is 133 Å². The Morgan fingerprint density at radius 1 is 0.530 bits per heavy atom. The fourth-order valence-electron chi connectivity index (χ4n) is 5.93. The van der Waals surface area contributed by atoms with E-state index >= 15 is 0 Å². The molecule has 0 aromatic heterocycles. The standard InChI is InChI=1S/2C24H21ClN2O6/c2*1-15-13-19(9-12-21(15)27(31)32)26-23(29)24(2,30)14-33-20-10-5-17(6-11-20)22(28)16-3-7-18(25)8-4-16/h2*3-13,30H,14H2,1-2H3,(H,26,29). The Morgan fingerprint density at radius 3 is 1.09 bits per heavy atom. The quantitative estimate of drug-likeness (QED) is 0.0404. The molecule has 340 valence electrons. The molecule has 66 heavy (non-hydrogen) atoms. The first kappa shape index (κ1) is 49.5. The minimum atomic E-state index is -1.88. The molecule has 18 heteroatoms. The number of hydrogen-bond acceptors (Lipinski definition) is 12. The molecule has 0 bridgehead atoms. The van der Waals surface area contributed by atoms with Crippen molar-refractivity contribution in [1.82, 2.24) is 0 Å². The number of amides is 2. The third kappa shape index (κ3) is 13.3. The lowest BCUT2D eigenvalue weighted by atomic mass is 10.0. The summed E-state index contributed by atoms with van der Waals surface area (Å²) in [4.78, 5) is 70.8. The number of rotatable bonds is 16. The van der Waals surface area contributed by atoms with Crippen molar-refractivity contribution in [2.24, 2.45) is 0 Å². The van der Waals surface area contributed by atoms with Crippen LogP contribution in [0, 0.1) is 34.1 Å². The lowest BCUT2D eigenvalue weighted by Gasteiger charge is -2.22. The smallest absolute Gasteiger partial charge is 0.272 e. The van der Waals surface area contributed by atoms with Crippen molar-refractivity contribution >= 4 is 69.3 Å². The number of halogens is 2. The second-order valence-corrected chi connectivity index (χ2v) is 16.1.